The minimum absolute atomic E-state index is 0.0571. The van der Waals surface area contributed by atoms with Crippen LogP contribution in [0.1, 0.15) is 11.3 Å². The van der Waals surface area contributed by atoms with E-state index in [1.165, 1.54) is 6.07 Å². The molecule has 0 aliphatic carbocycles. The number of hydrogen-bond donors (Lipinski definition) is 1. The average Bonchev–Trinajstić information content (AvgIpc) is 2.55. The minimum atomic E-state index is -4.50. The maximum absolute atomic E-state index is 13.2. The third-order valence-corrected chi connectivity index (χ3v) is 3.35. The van der Waals surface area contributed by atoms with Crippen molar-refractivity contribution in [3.8, 4) is 11.4 Å². The lowest BCUT2D eigenvalue weighted by atomic mass is 10.1. The van der Waals surface area contributed by atoms with E-state index in [-0.39, 0.29) is 5.69 Å². The highest BCUT2D eigenvalue weighted by atomic mass is 19.4. The van der Waals surface area contributed by atoms with Crippen LogP contribution in [0, 0.1) is 6.92 Å². The molecule has 0 bridgehead atoms. The van der Waals surface area contributed by atoms with Gasteiger partial charge < -0.3 is 5.32 Å². The minimum Gasteiger partial charge on any atom is -0.354 e. The van der Waals surface area contributed by atoms with Crippen LogP contribution in [-0.4, -0.2) is 15.0 Å². The molecule has 122 valence electrons. The number of aromatic nitrogens is 3. The zero-order valence-electron chi connectivity index (χ0n) is 12.7. The highest BCUT2D eigenvalue weighted by Crippen LogP contribution is 2.37. The van der Waals surface area contributed by atoms with E-state index in [0.717, 1.165) is 6.20 Å². The van der Waals surface area contributed by atoms with Gasteiger partial charge in [-0.2, -0.15) is 13.2 Å². The molecule has 0 unspecified atom stereocenters. The summed E-state index contributed by atoms with van der Waals surface area (Å²) in [5.41, 5.74) is 0.703. The Morgan fingerprint density at radius 2 is 1.62 bits per heavy atom. The van der Waals surface area contributed by atoms with Gasteiger partial charge in [-0.3, -0.25) is 4.98 Å². The Hall–Kier alpha value is -2.96. The number of hydrogen-bond acceptors (Lipinski definition) is 4. The van der Waals surface area contributed by atoms with Gasteiger partial charge in [0.05, 0.1) is 11.3 Å². The number of pyridine rings is 1. The standard InChI is InChI=1S/C17H13F3N4/c1-11-9-15(13(10-23-11)17(18,19)20)24-14-6-3-2-5-12(14)16-21-7-4-8-22-16/h2-10H,1H3,(H,23,24). The maximum atomic E-state index is 13.2. The van der Waals surface area contributed by atoms with Crippen molar-refractivity contribution in [2.75, 3.05) is 5.32 Å². The van der Waals surface area contributed by atoms with Crippen molar-refractivity contribution >= 4 is 11.4 Å². The van der Waals surface area contributed by atoms with Crippen molar-refractivity contribution in [3.05, 3.63) is 66.2 Å². The Kier molecular flexibility index (Phi) is 4.16. The molecule has 0 spiro atoms. The molecule has 0 fully saturated rings. The van der Waals surface area contributed by atoms with Crippen LogP contribution >= 0.6 is 0 Å². The van der Waals surface area contributed by atoms with Gasteiger partial charge in [-0.05, 0) is 31.2 Å². The summed E-state index contributed by atoms with van der Waals surface area (Å²) in [6.07, 6.45) is -0.506. The highest BCUT2D eigenvalue weighted by molar-refractivity contribution is 5.78. The van der Waals surface area contributed by atoms with E-state index in [0.29, 0.717) is 22.8 Å². The van der Waals surface area contributed by atoms with Crippen LogP contribution in [0.25, 0.3) is 11.4 Å². The molecule has 4 nitrogen and oxygen atoms in total. The average molecular weight is 330 g/mol. The Balaban J connectivity index is 2.06. The van der Waals surface area contributed by atoms with Gasteiger partial charge in [-0.25, -0.2) is 9.97 Å². The van der Waals surface area contributed by atoms with Crippen molar-refractivity contribution < 1.29 is 13.2 Å². The predicted molar refractivity (Wildman–Crippen MR) is 84.7 cm³/mol. The van der Waals surface area contributed by atoms with E-state index in [4.69, 9.17) is 0 Å². The molecule has 0 saturated heterocycles. The molecule has 3 rings (SSSR count). The van der Waals surface area contributed by atoms with Crippen LogP contribution < -0.4 is 5.32 Å². The second kappa shape index (κ2) is 6.27. The quantitative estimate of drug-likeness (QED) is 0.762. The van der Waals surface area contributed by atoms with E-state index in [1.807, 2.05) is 0 Å². The summed E-state index contributed by atoms with van der Waals surface area (Å²) in [7, 11) is 0. The molecule has 0 radical (unpaired) electrons. The van der Waals surface area contributed by atoms with E-state index < -0.39 is 11.7 Å². The van der Waals surface area contributed by atoms with Gasteiger partial charge in [-0.1, -0.05) is 12.1 Å². The van der Waals surface area contributed by atoms with Crippen LogP contribution in [0.5, 0.6) is 0 Å². The fourth-order valence-corrected chi connectivity index (χ4v) is 2.26. The first-order chi connectivity index (χ1) is 11.4. The lowest BCUT2D eigenvalue weighted by molar-refractivity contribution is -0.137. The van der Waals surface area contributed by atoms with Crippen molar-refractivity contribution in [2.45, 2.75) is 13.1 Å². The summed E-state index contributed by atoms with van der Waals surface area (Å²) >= 11 is 0. The van der Waals surface area contributed by atoms with Gasteiger partial charge in [0.15, 0.2) is 5.82 Å². The summed E-state index contributed by atoms with van der Waals surface area (Å²) in [5, 5.41) is 2.85. The van der Waals surface area contributed by atoms with Crippen molar-refractivity contribution in [1.29, 1.82) is 0 Å². The number of rotatable bonds is 3. The molecule has 1 aromatic carbocycles. The fraction of sp³-hybridized carbons (Fsp3) is 0.118. The second-order valence-electron chi connectivity index (χ2n) is 5.11. The smallest absolute Gasteiger partial charge is 0.354 e. The summed E-state index contributed by atoms with van der Waals surface area (Å²) < 4.78 is 39.6. The van der Waals surface area contributed by atoms with Gasteiger partial charge in [0.2, 0.25) is 0 Å². The number of nitrogens with zero attached hydrogens (tertiary/aromatic N) is 3. The van der Waals surface area contributed by atoms with Gasteiger partial charge in [0, 0.05) is 35.5 Å². The van der Waals surface area contributed by atoms with Gasteiger partial charge in [-0.15, -0.1) is 0 Å². The molecule has 3 aromatic rings. The number of aryl methyl sites for hydroxylation is 1. The SMILES string of the molecule is Cc1cc(Nc2ccccc2-c2ncccn2)c(C(F)(F)F)cn1. The van der Waals surface area contributed by atoms with Crippen molar-refractivity contribution in [2.24, 2.45) is 0 Å². The highest BCUT2D eigenvalue weighted by Gasteiger charge is 2.34. The number of anilines is 2. The summed E-state index contributed by atoms with van der Waals surface area (Å²) in [4.78, 5) is 12.1. The third kappa shape index (κ3) is 3.34. The first kappa shape index (κ1) is 15.9. The molecule has 2 heterocycles. The molecule has 0 amide bonds. The van der Waals surface area contributed by atoms with E-state index in [2.05, 4.69) is 20.3 Å². The van der Waals surface area contributed by atoms with Gasteiger partial charge >= 0.3 is 6.18 Å². The normalized spacial score (nSPS) is 11.3. The molecular weight excluding hydrogens is 317 g/mol. The molecule has 0 aliphatic rings. The number of para-hydroxylation sites is 1. The zero-order chi connectivity index (χ0) is 17.2. The topological polar surface area (TPSA) is 50.7 Å². The molecule has 7 heteroatoms. The van der Waals surface area contributed by atoms with E-state index >= 15 is 0 Å². The zero-order valence-corrected chi connectivity index (χ0v) is 12.7. The predicted octanol–water partition coefficient (Wildman–Crippen LogP) is 4.61. The molecule has 2 aromatic heterocycles. The van der Waals surface area contributed by atoms with Crippen LogP contribution in [0.2, 0.25) is 0 Å². The second-order valence-corrected chi connectivity index (χ2v) is 5.11. The Morgan fingerprint density at radius 3 is 2.33 bits per heavy atom. The lowest BCUT2D eigenvalue weighted by Crippen LogP contribution is -2.10. The Morgan fingerprint density at radius 1 is 0.917 bits per heavy atom. The molecule has 24 heavy (non-hydrogen) atoms. The van der Waals surface area contributed by atoms with E-state index in [1.54, 1.807) is 49.6 Å². The molecular formula is C17H13F3N4. The summed E-state index contributed by atoms with van der Waals surface area (Å²) in [5.74, 6) is 0.430. The Labute approximate surface area is 136 Å². The van der Waals surface area contributed by atoms with Crippen LogP contribution in [0.3, 0.4) is 0 Å². The van der Waals surface area contributed by atoms with Crippen molar-refractivity contribution in [1.82, 2.24) is 15.0 Å². The van der Waals surface area contributed by atoms with Crippen LogP contribution in [-0.2, 0) is 6.18 Å². The monoisotopic (exact) mass is 330 g/mol. The summed E-state index contributed by atoms with van der Waals surface area (Å²) in [6.45, 7) is 1.64. The third-order valence-electron chi connectivity index (χ3n) is 3.35. The Bertz CT molecular complexity index is 848. The molecule has 0 aliphatic heterocycles. The molecule has 1 N–H and O–H groups in total. The lowest BCUT2D eigenvalue weighted by Gasteiger charge is -2.16. The molecule has 0 atom stereocenters. The number of alkyl halides is 3. The van der Waals surface area contributed by atoms with Gasteiger partial charge in [0.25, 0.3) is 0 Å². The van der Waals surface area contributed by atoms with Crippen molar-refractivity contribution in [3.63, 3.8) is 0 Å². The maximum Gasteiger partial charge on any atom is 0.419 e. The van der Waals surface area contributed by atoms with E-state index in [9.17, 15) is 13.2 Å². The largest absolute Gasteiger partial charge is 0.419 e. The first-order valence-corrected chi connectivity index (χ1v) is 7.12. The number of halogens is 3. The number of nitrogens with one attached hydrogen (secondary N) is 1. The fourth-order valence-electron chi connectivity index (χ4n) is 2.26. The summed E-state index contributed by atoms with van der Waals surface area (Å²) in [6, 6.07) is 9.98. The molecule has 0 saturated carbocycles. The number of benzene rings is 1. The first-order valence-electron chi connectivity index (χ1n) is 7.12. The van der Waals surface area contributed by atoms with Crippen LogP contribution in [0.15, 0.2) is 55.0 Å². The van der Waals surface area contributed by atoms with Crippen LogP contribution in [0.4, 0.5) is 24.5 Å². The van der Waals surface area contributed by atoms with Gasteiger partial charge in [0.1, 0.15) is 0 Å².